The number of rotatable bonds is 4. The number of halogens is 2. The molecule has 0 unspecified atom stereocenters. The van der Waals surface area contributed by atoms with Crippen molar-refractivity contribution in [1.29, 1.82) is 0 Å². The van der Waals surface area contributed by atoms with Gasteiger partial charge in [-0.2, -0.15) is 0 Å². The van der Waals surface area contributed by atoms with Crippen molar-refractivity contribution in [2.24, 2.45) is 5.73 Å². The van der Waals surface area contributed by atoms with Crippen LogP contribution in [0.3, 0.4) is 0 Å². The lowest BCUT2D eigenvalue weighted by Crippen LogP contribution is -2.63. The van der Waals surface area contributed by atoms with Gasteiger partial charge in [0.2, 0.25) is 0 Å². The average molecular weight is 194 g/mol. The monoisotopic (exact) mass is 194 g/mol. The van der Waals surface area contributed by atoms with Crippen LogP contribution in [0.25, 0.3) is 0 Å². The van der Waals surface area contributed by atoms with Gasteiger partial charge in [-0.1, -0.05) is 0 Å². The van der Waals surface area contributed by atoms with Crippen molar-refractivity contribution in [3.05, 3.63) is 0 Å². The fraction of sp³-hybridized carbons (Fsp3) is 1.00. The minimum atomic E-state index is -2.77. The zero-order chi connectivity index (χ0) is 10.1. The average Bonchev–Trinajstić information content (AvgIpc) is 2.01. The zero-order valence-electron chi connectivity index (χ0n) is 8.02. The molecule has 1 aliphatic heterocycles. The third-order valence-corrected chi connectivity index (χ3v) is 2.36. The second kappa shape index (κ2) is 3.48. The van der Waals surface area contributed by atoms with Gasteiger partial charge in [0, 0.05) is 20.2 Å². The van der Waals surface area contributed by atoms with Gasteiger partial charge in [-0.25, -0.2) is 8.78 Å². The van der Waals surface area contributed by atoms with Crippen LogP contribution in [0.5, 0.6) is 0 Å². The maximum absolute atomic E-state index is 12.8. The molecule has 78 valence electrons. The fourth-order valence-electron chi connectivity index (χ4n) is 1.53. The number of hydrogen-bond donors (Lipinski definition) is 1. The lowest BCUT2D eigenvalue weighted by Gasteiger charge is -2.47. The molecule has 5 heteroatoms. The van der Waals surface area contributed by atoms with Crippen LogP contribution in [-0.2, 0) is 4.74 Å². The Labute approximate surface area is 76.8 Å². The smallest absolute Gasteiger partial charge is 0.272 e. The third kappa shape index (κ3) is 2.59. The van der Waals surface area contributed by atoms with E-state index in [1.54, 1.807) is 12.0 Å². The molecule has 0 saturated carbocycles. The van der Waals surface area contributed by atoms with Crippen LogP contribution >= 0.6 is 0 Å². The summed E-state index contributed by atoms with van der Waals surface area (Å²) < 4.78 is 30.7. The van der Waals surface area contributed by atoms with Crippen molar-refractivity contribution >= 4 is 0 Å². The molecule has 1 saturated heterocycles. The molecule has 1 fully saturated rings. The maximum Gasteiger partial charge on any atom is 0.272 e. The van der Waals surface area contributed by atoms with Gasteiger partial charge in [0.05, 0.1) is 18.7 Å². The van der Waals surface area contributed by atoms with E-state index in [0.717, 1.165) is 0 Å². The predicted octanol–water partition coefficient (Wildman–Crippen LogP) is 0.301. The van der Waals surface area contributed by atoms with Crippen LogP contribution in [-0.4, -0.2) is 49.7 Å². The van der Waals surface area contributed by atoms with Crippen molar-refractivity contribution in [1.82, 2.24) is 4.90 Å². The van der Waals surface area contributed by atoms with Crippen molar-refractivity contribution in [3.8, 4) is 0 Å². The van der Waals surface area contributed by atoms with Crippen molar-refractivity contribution in [2.75, 3.05) is 33.3 Å². The lowest BCUT2D eigenvalue weighted by atomic mass is 9.96. The number of hydrogen-bond acceptors (Lipinski definition) is 3. The van der Waals surface area contributed by atoms with E-state index in [1.807, 2.05) is 6.92 Å². The van der Waals surface area contributed by atoms with Gasteiger partial charge in [-0.3, -0.25) is 4.90 Å². The SMILES string of the molecule is COC1(C)CN(CC(F)(F)CN)C1. The number of alkyl halides is 2. The normalized spacial score (nSPS) is 22.8. The first-order valence-corrected chi connectivity index (χ1v) is 4.26. The second-order valence-electron chi connectivity index (χ2n) is 3.86. The molecule has 0 aromatic rings. The summed E-state index contributed by atoms with van der Waals surface area (Å²) in [6.07, 6.45) is 0. The zero-order valence-corrected chi connectivity index (χ0v) is 8.02. The van der Waals surface area contributed by atoms with E-state index < -0.39 is 12.5 Å². The van der Waals surface area contributed by atoms with Gasteiger partial charge >= 0.3 is 0 Å². The molecule has 0 atom stereocenters. The Morgan fingerprint density at radius 3 is 2.46 bits per heavy atom. The fourth-order valence-corrected chi connectivity index (χ4v) is 1.53. The van der Waals surface area contributed by atoms with E-state index in [0.29, 0.717) is 13.1 Å². The number of nitrogens with zero attached hydrogens (tertiary/aromatic N) is 1. The summed E-state index contributed by atoms with van der Waals surface area (Å²) in [6.45, 7) is 2.16. The Morgan fingerprint density at radius 2 is 2.08 bits per heavy atom. The summed E-state index contributed by atoms with van der Waals surface area (Å²) >= 11 is 0. The van der Waals surface area contributed by atoms with E-state index >= 15 is 0 Å². The highest BCUT2D eigenvalue weighted by Gasteiger charge is 2.43. The van der Waals surface area contributed by atoms with Gasteiger partial charge < -0.3 is 10.5 Å². The highest BCUT2D eigenvalue weighted by atomic mass is 19.3. The van der Waals surface area contributed by atoms with Gasteiger partial charge in [-0.15, -0.1) is 0 Å². The second-order valence-corrected chi connectivity index (χ2v) is 3.86. The van der Waals surface area contributed by atoms with Crippen LogP contribution in [0, 0.1) is 0 Å². The number of nitrogens with two attached hydrogens (primary N) is 1. The molecule has 3 nitrogen and oxygen atoms in total. The molecule has 0 aromatic heterocycles. The topological polar surface area (TPSA) is 38.5 Å². The predicted molar refractivity (Wildman–Crippen MR) is 45.9 cm³/mol. The standard InChI is InChI=1S/C8H16F2N2O/c1-7(13-2)4-12(5-7)6-8(9,10)3-11/h3-6,11H2,1-2H3. The van der Waals surface area contributed by atoms with Crippen LogP contribution < -0.4 is 5.73 Å². The highest BCUT2D eigenvalue weighted by Crippen LogP contribution is 2.26. The van der Waals surface area contributed by atoms with Gasteiger partial charge in [-0.05, 0) is 6.92 Å². The van der Waals surface area contributed by atoms with Crippen LogP contribution in [0.4, 0.5) is 8.78 Å². The summed E-state index contributed by atoms with van der Waals surface area (Å²) in [4.78, 5) is 1.65. The molecular weight excluding hydrogens is 178 g/mol. The molecule has 0 bridgehead atoms. The molecule has 13 heavy (non-hydrogen) atoms. The Kier molecular flexibility index (Phi) is 2.89. The van der Waals surface area contributed by atoms with Crippen LogP contribution in [0.15, 0.2) is 0 Å². The molecule has 2 N–H and O–H groups in total. The molecular formula is C8H16F2N2O. The first-order valence-electron chi connectivity index (χ1n) is 4.26. The molecule has 0 radical (unpaired) electrons. The lowest BCUT2D eigenvalue weighted by molar-refractivity contribution is -0.140. The van der Waals surface area contributed by atoms with Crippen molar-refractivity contribution in [3.63, 3.8) is 0 Å². The van der Waals surface area contributed by atoms with E-state index in [2.05, 4.69) is 0 Å². The summed E-state index contributed by atoms with van der Waals surface area (Å²) in [5.74, 6) is -2.77. The molecule has 1 aliphatic rings. The van der Waals surface area contributed by atoms with Gasteiger partial charge in [0.15, 0.2) is 0 Å². The van der Waals surface area contributed by atoms with Crippen LogP contribution in [0.2, 0.25) is 0 Å². The minimum Gasteiger partial charge on any atom is -0.376 e. The van der Waals surface area contributed by atoms with E-state index in [4.69, 9.17) is 10.5 Å². The van der Waals surface area contributed by atoms with Crippen molar-refractivity contribution in [2.45, 2.75) is 18.4 Å². The van der Waals surface area contributed by atoms with Crippen molar-refractivity contribution < 1.29 is 13.5 Å². The van der Waals surface area contributed by atoms with Gasteiger partial charge in [0.1, 0.15) is 0 Å². The molecule has 0 spiro atoms. The number of methoxy groups -OCH3 is 1. The van der Waals surface area contributed by atoms with Gasteiger partial charge in [0.25, 0.3) is 5.92 Å². The van der Waals surface area contributed by atoms with E-state index in [-0.39, 0.29) is 12.1 Å². The highest BCUT2D eigenvalue weighted by molar-refractivity contribution is 4.95. The quantitative estimate of drug-likeness (QED) is 0.699. The third-order valence-electron chi connectivity index (χ3n) is 2.36. The number of likely N-dealkylation sites (tertiary alicyclic amines) is 1. The molecule has 1 rings (SSSR count). The van der Waals surface area contributed by atoms with Crippen LogP contribution in [0.1, 0.15) is 6.92 Å². The molecule has 0 aromatic carbocycles. The summed E-state index contributed by atoms with van der Waals surface area (Å²) in [5.41, 5.74) is 4.68. The first kappa shape index (κ1) is 10.8. The summed E-state index contributed by atoms with van der Waals surface area (Å²) in [7, 11) is 1.60. The van der Waals surface area contributed by atoms with E-state index in [9.17, 15) is 8.78 Å². The molecule has 0 amide bonds. The first-order chi connectivity index (χ1) is 5.91. The molecule has 1 heterocycles. The number of ether oxygens (including phenoxy) is 1. The Hall–Kier alpha value is -0.260. The Balaban J connectivity index is 2.29. The Morgan fingerprint density at radius 1 is 1.54 bits per heavy atom. The summed E-state index contributed by atoms with van der Waals surface area (Å²) in [6, 6.07) is 0. The van der Waals surface area contributed by atoms with E-state index in [1.165, 1.54) is 0 Å². The minimum absolute atomic E-state index is 0.245. The Bertz CT molecular complexity index is 181. The largest absolute Gasteiger partial charge is 0.376 e. The maximum atomic E-state index is 12.8. The molecule has 0 aliphatic carbocycles. The summed E-state index contributed by atoms with van der Waals surface area (Å²) in [5, 5.41) is 0.